The van der Waals surface area contributed by atoms with Crippen LogP contribution in [0, 0.1) is 0 Å². The van der Waals surface area contributed by atoms with Crippen molar-refractivity contribution in [1.82, 2.24) is 0 Å². The molecule has 0 heterocycles. The molecular weight excluding hydrogens is 320 g/mol. The van der Waals surface area contributed by atoms with Gasteiger partial charge in [0.05, 0.1) is 17.9 Å². The van der Waals surface area contributed by atoms with Crippen LogP contribution in [0.4, 0.5) is 11.4 Å². The van der Waals surface area contributed by atoms with Crippen molar-refractivity contribution in [2.75, 3.05) is 24.3 Å². The van der Waals surface area contributed by atoms with Gasteiger partial charge in [-0.1, -0.05) is 19.1 Å². The number of ether oxygens (including phenoxy) is 2. The van der Waals surface area contributed by atoms with Crippen LogP contribution in [0.2, 0.25) is 0 Å². The molecule has 3 N–H and O–H groups in total. The fraction of sp³-hybridized carbons (Fsp3) is 0.263. The van der Waals surface area contributed by atoms with E-state index in [4.69, 9.17) is 15.2 Å². The van der Waals surface area contributed by atoms with E-state index in [1.165, 1.54) is 11.6 Å². The molecule has 132 valence electrons. The number of benzene rings is 2. The predicted octanol–water partition coefficient (Wildman–Crippen LogP) is 3.03. The summed E-state index contributed by atoms with van der Waals surface area (Å²) >= 11 is 0. The van der Waals surface area contributed by atoms with Crippen LogP contribution in [0.1, 0.15) is 29.8 Å². The molecule has 2 aromatic rings. The molecule has 0 aliphatic heterocycles. The van der Waals surface area contributed by atoms with Crippen LogP contribution in [0.25, 0.3) is 0 Å². The molecule has 0 spiro atoms. The molecule has 0 bridgehead atoms. The van der Waals surface area contributed by atoms with Crippen molar-refractivity contribution < 1.29 is 19.1 Å². The monoisotopic (exact) mass is 342 g/mol. The Balaban J connectivity index is 1.96. The number of hydrogen-bond donors (Lipinski definition) is 2. The minimum atomic E-state index is -0.465. The van der Waals surface area contributed by atoms with Crippen LogP contribution < -0.4 is 15.8 Å². The number of nitrogens with two attached hydrogens (primary N) is 1. The maximum atomic E-state index is 12.0. The SMILES string of the molecule is CCOC(=O)c1ccc(N)c(OCC(=O)Nc2ccc(CC)cc2)c1. The zero-order valence-corrected chi connectivity index (χ0v) is 14.4. The third kappa shape index (κ3) is 5.24. The molecule has 2 aromatic carbocycles. The van der Waals surface area contributed by atoms with E-state index in [1.807, 2.05) is 24.3 Å². The number of aryl methyl sites for hydroxylation is 1. The smallest absolute Gasteiger partial charge is 0.338 e. The Bertz CT molecular complexity index is 742. The van der Waals surface area contributed by atoms with Gasteiger partial charge in [0.2, 0.25) is 0 Å². The molecule has 0 fully saturated rings. The first-order chi connectivity index (χ1) is 12.0. The number of carbonyl (C=O) groups is 2. The van der Waals surface area contributed by atoms with Crippen LogP contribution in [0.3, 0.4) is 0 Å². The largest absolute Gasteiger partial charge is 0.482 e. The summed E-state index contributed by atoms with van der Waals surface area (Å²) in [6.45, 7) is 3.85. The van der Waals surface area contributed by atoms with Gasteiger partial charge in [0.1, 0.15) is 5.75 Å². The average Bonchev–Trinajstić information content (AvgIpc) is 2.62. The van der Waals surface area contributed by atoms with Crippen molar-refractivity contribution in [2.45, 2.75) is 20.3 Å². The van der Waals surface area contributed by atoms with E-state index in [1.54, 1.807) is 19.1 Å². The molecule has 0 aliphatic rings. The van der Waals surface area contributed by atoms with E-state index in [9.17, 15) is 9.59 Å². The van der Waals surface area contributed by atoms with Gasteiger partial charge >= 0.3 is 5.97 Å². The van der Waals surface area contributed by atoms with Crippen LogP contribution in [-0.4, -0.2) is 25.1 Å². The first-order valence-electron chi connectivity index (χ1n) is 8.11. The Labute approximate surface area is 146 Å². The summed E-state index contributed by atoms with van der Waals surface area (Å²) in [4.78, 5) is 23.7. The quantitative estimate of drug-likeness (QED) is 0.596. The Morgan fingerprint density at radius 1 is 1.08 bits per heavy atom. The van der Waals surface area contributed by atoms with E-state index < -0.39 is 5.97 Å². The molecule has 0 aromatic heterocycles. The lowest BCUT2D eigenvalue weighted by Gasteiger charge is -2.11. The molecule has 6 nitrogen and oxygen atoms in total. The minimum absolute atomic E-state index is 0.216. The number of hydrogen-bond acceptors (Lipinski definition) is 5. The summed E-state index contributed by atoms with van der Waals surface area (Å²) in [7, 11) is 0. The molecule has 0 radical (unpaired) electrons. The number of nitrogens with one attached hydrogen (secondary N) is 1. The van der Waals surface area contributed by atoms with Crippen molar-refractivity contribution in [3.8, 4) is 5.75 Å². The second-order valence-corrected chi connectivity index (χ2v) is 5.36. The highest BCUT2D eigenvalue weighted by Crippen LogP contribution is 2.23. The zero-order chi connectivity index (χ0) is 18.2. The molecule has 25 heavy (non-hydrogen) atoms. The summed E-state index contributed by atoms with van der Waals surface area (Å²) in [5, 5.41) is 2.74. The fourth-order valence-corrected chi connectivity index (χ4v) is 2.16. The number of rotatable bonds is 7. The highest BCUT2D eigenvalue weighted by molar-refractivity contribution is 5.92. The first-order valence-corrected chi connectivity index (χ1v) is 8.11. The van der Waals surface area contributed by atoms with Gasteiger partial charge < -0.3 is 20.5 Å². The summed E-state index contributed by atoms with van der Waals surface area (Å²) in [5.74, 6) is -0.514. The number of nitrogen functional groups attached to an aromatic ring is 1. The van der Waals surface area contributed by atoms with Gasteiger partial charge in [0, 0.05) is 5.69 Å². The third-order valence-electron chi connectivity index (χ3n) is 3.53. The first kappa shape index (κ1) is 18.3. The molecular formula is C19H22N2O4. The standard InChI is InChI=1S/C19H22N2O4/c1-3-13-5-8-15(9-6-13)21-18(22)12-25-17-11-14(7-10-16(17)20)19(23)24-4-2/h5-11H,3-4,12,20H2,1-2H3,(H,21,22). The lowest BCUT2D eigenvalue weighted by atomic mass is 10.1. The average molecular weight is 342 g/mol. The summed E-state index contributed by atoms with van der Waals surface area (Å²) in [6, 6.07) is 12.2. The number of carbonyl (C=O) groups excluding carboxylic acids is 2. The summed E-state index contributed by atoms with van der Waals surface area (Å²) in [6.07, 6.45) is 0.938. The zero-order valence-electron chi connectivity index (χ0n) is 14.4. The van der Waals surface area contributed by atoms with Crippen molar-refractivity contribution >= 4 is 23.3 Å². The number of esters is 1. The lowest BCUT2D eigenvalue weighted by Crippen LogP contribution is -2.20. The second kappa shape index (κ2) is 8.73. The van der Waals surface area contributed by atoms with E-state index in [0.29, 0.717) is 16.9 Å². The van der Waals surface area contributed by atoms with Crippen molar-refractivity contribution in [3.63, 3.8) is 0 Å². The van der Waals surface area contributed by atoms with Gasteiger partial charge in [-0.25, -0.2) is 4.79 Å². The normalized spacial score (nSPS) is 10.2. The maximum absolute atomic E-state index is 12.0. The van der Waals surface area contributed by atoms with Gasteiger partial charge in [-0.15, -0.1) is 0 Å². The minimum Gasteiger partial charge on any atom is -0.482 e. The highest BCUT2D eigenvalue weighted by Gasteiger charge is 2.11. The fourth-order valence-electron chi connectivity index (χ4n) is 2.16. The van der Waals surface area contributed by atoms with Crippen molar-refractivity contribution in [3.05, 3.63) is 53.6 Å². The summed E-state index contributed by atoms with van der Waals surface area (Å²) < 4.78 is 10.4. The van der Waals surface area contributed by atoms with E-state index >= 15 is 0 Å². The Morgan fingerprint density at radius 2 is 1.80 bits per heavy atom. The maximum Gasteiger partial charge on any atom is 0.338 e. The predicted molar refractivity (Wildman–Crippen MR) is 96.8 cm³/mol. The second-order valence-electron chi connectivity index (χ2n) is 5.36. The van der Waals surface area contributed by atoms with E-state index in [-0.39, 0.29) is 24.9 Å². The molecule has 2 rings (SSSR count). The van der Waals surface area contributed by atoms with Crippen molar-refractivity contribution in [1.29, 1.82) is 0 Å². The Kier molecular flexibility index (Phi) is 6.39. The topological polar surface area (TPSA) is 90.7 Å². The molecule has 0 aliphatic carbocycles. The van der Waals surface area contributed by atoms with Gasteiger partial charge in [-0.2, -0.15) is 0 Å². The molecule has 6 heteroatoms. The van der Waals surface area contributed by atoms with Crippen LogP contribution in [0.15, 0.2) is 42.5 Å². The molecule has 0 saturated heterocycles. The van der Waals surface area contributed by atoms with Crippen molar-refractivity contribution in [2.24, 2.45) is 0 Å². The molecule has 0 unspecified atom stereocenters. The van der Waals surface area contributed by atoms with E-state index in [0.717, 1.165) is 6.42 Å². The van der Waals surface area contributed by atoms with Crippen LogP contribution >= 0.6 is 0 Å². The van der Waals surface area contributed by atoms with Crippen LogP contribution in [-0.2, 0) is 16.0 Å². The number of anilines is 2. The third-order valence-corrected chi connectivity index (χ3v) is 3.53. The molecule has 0 atom stereocenters. The van der Waals surface area contributed by atoms with E-state index in [2.05, 4.69) is 12.2 Å². The summed E-state index contributed by atoms with van der Waals surface area (Å²) in [5.41, 5.74) is 8.37. The van der Waals surface area contributed by atoms with Gasteiger partial charge in [0.15, 0.2) is 6.61 Å². The lowest BCUT2D eigenvalue weighted by molar-refractivity contribution is -0.118. The molecule has 1 amide bonds. The van der Waals surface area contributed by atoms with Crippen LogP contribution in [0.5, 0.6) is 5.75 Å². The molecule has 0 saturated carbocycles. The number of amides is 1. The Morgan fingerprint density at radius 3 is 2.44 bits per heavy atom. The van der Waals surface area contributed by atoms with Gasteiger partial charge in [-0.05, 0) is 49.2 Å². The highest BCUT2D eigenvalue weighted by atomic mass is 16.5. The van der Waals surface area contributed by atoms with Gasteiger partial charge in [-0.3, -0.25) is 4.79 Å². The Hall–Kier alpha value is -3.02. The van der Waals surface area contributed by atoms with Gasteiger partial charge in [0.25, 0.3) is 5.91 Å².